The van der Waals surface area contributed by atoms with Crippen molar-refractivity contribution in [2.75, 3.05) is 28.4 Å². The summed E-state index contributed by atoms with van der Waals surface area (Å²) in [6.45, 7) is 0. The van der Waals surface area contributed by atoms with E-state index < -0.39 is 7.92 Å². The van der Waals surface area contributed by atoms with Crippen LogP contribution in [-0.2, 0) is 0 Å². The largest absolute Gasteiger partial charge is 0.497 e. The predicted octanol–water partition coefficient (Wildman–Crippen LogP) is 3.48. The van der Waals surface area contributed by atoms with Crippen LogP contribution in [0.4, 0.5) is 0 Å². The molecule has 3 aromatic rings. The Morgan fingerprint density at radius 3 is 1.30 bits per heavy atom. The summed E-state index contributed by atoms with van der Waals surface area (Å²) in [6, 6.07) is 22.4. The highest BCUT2D eigenvalue weighted by molar-refractivity contribution is 7.79. The van der Waals surface area contributed by atoms with Gasteiger partial charge in [0, 0.05) is 6.07 Å². The molecule has 4 nitrogen and oxygen atoms in total. The van der Waals surface area contributed by atoms with Crippen LogP contribution in [-0.4, -0.2) is 28.4 Å². The van der Waals surface area contributed by atoms with Crippen molar-refractivity contribution in [3.05, 3.63) is 66.7 Å². The number of hydrogen-bond donors (Lipinski definition) is 0. The smallest absolute Gasteiger partial charge is 0.123 e. The Balaban J connectivity index is 2.20. The molecule has 27 heavy (non-hydrogen) atoms. The average molecular weight is 382 g/mol. The molecule has 0 fully saturated rings. The summed E-state index contributed by atoms with van der Waals surface area (Å²) in [5, 5.41) is 3.48. The number of rotatable bonds is 7. The maximum Gasteiger partial charge on any atom is 0.123 e. The van der Waals surface area contributed by atoms with Gasteiger partial charge in [-0.05, 0) is 60.2 Å². The van der Waals surface area contributed by atoms with E-state index in [1.807, 2.05) is 30.3 Å². The summed E-state index contributed by atoms with van der Waals surface area (Å²) < 4.78 is 21.9. The highest BCUT2D eigenvalue weighted by Gasteiger charge is 2.19. The van der Waals surface area contributed by atoms with E-state index in [2.05, 4.69) is 36.4 Å². The fourth-order valence-corrected chi connectivity index (χ4v) is 5.26. The van der Waals surface area contributed by atoms with Gasteiger partial charge in [0.25, 0.3) is 0 Å². The minimum Gasteiger partial charge on any atom is -0.497 e. The van der Waals surface area contributed by atoms with Gasteiger partial charge in [-0.3, -0.25) is 0 Å². The minimum atomic E-state index is -0.854. The van der Waals surface area contributed by atoms with Crippen molar-refractivity contribution in [3.63, 3.8) is 0 Å². The maximum absolute atomic E-state index is 5.49. The van der Waals surface area contributed by atoms with Gasteiger partial charge in [0.1, 0.15) is 23.0 Å². The molecular weight excluding hydrogens is 359 g/mol. The van der Waals surface area contributed by atoms with Crippen LogP contribution in [0.25, 0.3) is 0 Å². The third kappa shape index (κ3) is 4.35. The molecule has 0 aliphatic carbocycles. The highest BCUT2D eigenvalue weighted by Crippen LogP contribution is 2.37. The molecule has 0 saturated carbocycles. The zero-order valence-corrected chi connectivity index (χ0v) is 16.8. The van der Waals surface area contributed by atoms with Crippen LogP contribution in [0.1, 0.15) is 0 Å². The molecular formula is C22H23O4P. The van der Waals surface area contributed by atoms with Crippen LogP contribution < -0.4 is 34.9 Å². The van der Waals surface area contributed by atoms with Crippen LogP contribution in [0.15, 0.2) is 66.7 Å². The van der Waals surface area contributed by atoms with Gasteiger partial charge >= 0.3 is 0 Å². The Hall–Kier alpha value is -2.71. The van der Waals surface area contributed by atoms with E-state index in [1.165, 1.54) is 10.6 Å². The van der Waals surface area contributed by atoms with Gasteiger partial charge in [0.2, 0.25) is 0 Å². The molecule has 5 heteroatoms. The summed E-state index contributed by atoms with van der Waals surface area (Å²) in [7, 11) is 5.84. The lowest BCUT2D eigenvalue weighted by Gasteiger charge is -2.21. The standard InChI is InChI=1S/C22H23O4P/c1-23-16-7-5-9-20(12-16)27(21-10-6-8-17(13-21)24-2)22-14-18(25-3)11-19(15-22)26-4/h5-15H,1-4H3. The van der Waals surface area contributed by atoms with Gasteiger partial charge in [-0.25, -0.2) is 0 Å². The SMILES string of the molecule is COc1cccc(P(c2cccc(OC)c2)c2cc(OC)cc(OC)c2)c1. The first-order chi connectivity index (χ1) is 13.2. The Morgan fingerprint density at radius 2 is 0.889 bits per heavy atom. The van der Waals surface area contributed by atoms with Crippen LogP contribution in [0.3, 0.4) is 0 Å². The monoisotopic (exact) mass is 382 g/mol. The van der Waals surface area contributed by atoms with Crippen LogP contribution >= 0.6 is 7.92 Å². The van der Waals surface area contributed by atoms with Crippen molar-refractivity contribution in [2.24, 2.45) is 0 Å². The molecule has 0 spiro atoms. The summed E-state index contributed by atoms with van der Waals surface area (Å²) in [4.78, 5) is 0. The van der Waals surface area contributed by atoms with Crippen LogP contribution in [0, 0.1) is 0 Å². The highest BCUT2D eigenvalue weighted by atomic mass is 31.1. The van der Waals surface area contributed by atoms with Gasteiger partial charge in [0.05, 0.1) is 28.4 Å². The number of benzene rings is 3. The Bertz CT molecular complexity index is 841. The van der Waals surface area contributed by atoms with Crippen molar-refractivity contribution >= 4 is 23.8 Å². The van der Waals surface area contributed by atoms with Crippen molar-refractivity contribution < 1.29 is 18.9 Å². The molecule has 140 valence electrons. The van der Waals surface area contributed by atoms with Crippen LogP contribution in [0.5, 0.6) is 23.0 Å². The lowest BCUT2D eigenvalue weighted by molar-refractivity contribution is 0.395. The fraction of sp³-hybridized carbons (Fsp3) is 0.182. The molecule has 0 heterocycles. The summed E-state index contributed by atoms with van der Waals surface area (Å²) in [5.74, 6) is 3.20. The third-order valence-corrected chi connectivity index (χ3v) is 6.58. The van der Waals surface area contributed by atoms with Crippen LogP contribution in [0.2, 0.25) is 0 Å². The second-order valence-electron chi connectivity index (χ2n) is 5.81. The average Bonchev–Trinajstić information content (AvgIpc) is 2.74. The molecule has 0 radical (unpaired) electrons. The summed E-state index contributed by atoms with van der Waals surface area (Å²) in [6.07, 6.45) is 0. The van der Waals surface area contributed by atoms with E-state index in [1.54, 1.807) is 28.4 Å². The normalized spacial score (nSPS) is 10.6. The Kier molecular flexibility index (Phi) is 6.20. The zero-order chi connectivity index (χ0) is 19.2. The molecule has 3 rings (SSSR count). The predicted molar refractivity (Wildman–Crippen MR) is 111 cm³/mol. The first kappa shape index (κ1) is 19.1. The summed E-state index contributed by atoms with van der Waals surface area (Å²) in [5.41, 5.74) is 0. The zero-order valence-electron chi connectivity index (χ0n) is 15.9. The minimum absolute atomic E-state index is 0.766. The van der Waals surface area contributed by atoms with E-state index in [-0.39, 0.29) is 0 Å². The van der Waals surface area contributed by atoms with Gasteiger partial charge in [0.15, 0.2) is 0 Å². The molecule has 0 aliphatic heterocycles. The van der Waals surface area contributed by atoms with Crippen molar-refractivity contribution in [2.45, 2.75) is 0 Å². The molecule has 0 N–H and O–H groups in total. The molecule has 3 aromatic carbocycles. The van der Waals surface area contributed by atoms with E-state index in [9.17, 15) is 0 Å². The molecule has 0 saturated heterocycles. The number of methoxy groups -OCH3 is 4. The lowest BCUT2D eigenvalue weighted by Crippen LogP contribution is -2.21. The fourth-order valence-electron chi connectivity index (χ4n) is 2.87. The number of ether oxygens (including phenoxy) is 4. The van der Waals surface area contributed by atoms with E-state index in [4.69, 9.17) is 18.9 Å². The van der Waals surface area contributed by atoms with E-state index in [0.717, 1.165) is 28.3 Å². The molecule has 0 atom stereocenters. The molecule has 0 unspecified atom stereocenters. The molecule has 0 aromatic heterocycles. The van der Waals surface area contributed by atoms with Gasteiger partial charge in [-0.15, -0.1) is 0 Å². The van der Waals surface area contributed by atoms with Gasteiger partial charge < -0.3 is 18.9 Å². The van der Waals surface area contributed by atoms with Gasteiger partial charge in [-0.2, -0.15) is 0 Å². The molecule has 0 bridgehead atoms. The molecule has 0 aliphatic rings. The van der Waals surface area contributed by atoms with E-state index >= 15 is 0 Å². The first-order valence-corrected chi connectivity index (χ1v) is 9.84. The second kappa shape index (κ2) is 8.79. The van der Waals surface area contributed by atoms with Crippen molar-refractivity contribution in [1.29, 1.82) is 0 Å². The van der Waals surface area contributed by atoms with Crippen molar-refractivity contribution in [3.8, 4) is 23.0 Å². The van der Waals surface area contributed by atoms with E-state index in [0.29, 0.717) is 0 Å². The maximum atomic E-state index is 5.49. The van der Waals surface area contributed by atoms with Gasteiger partial charge in [-0.1, -0.05) is 24.3 Å². The Labute approximate surface area is 161 Å². The van der Waals surface area contributed by atoms with Crippen molar-refractivity contribution in [1.82, 2.24) is 0 Å². The number of hydrogen-bond acceptors (Lipinski definition) is 4. The topological polar surface area (TPSA) is 36.9 Å². The quantitative estimate of drug-likeness (QED) is 0.587. The summed E-state index contributed by atoms with van der Waals surface area (Å²) >= 11 is 0. The second-order valence-corrected chi connectivity index (χ2v) is 8.03. The lowest BCUT2D eigenvalue weighted by atomic mass is 10.3. The first-order valence-electron chi connectivity index (χ1n) is 8.50. The third-order valence-electron chi connectivity index (χ3n) is 4.22. The Morgan fingerprint density at radius 1 is 0.481 bits per heavy atom. The molecule has 0 amide bonds.